The number of primary amides is 1. The number of rotatable bonds is 12. The molecule has 2 saturated heterocycles. The van der Waals surface area contributed by atoms with E-state index >= 15 is 0 Å². The van der Waals surface area contributed by atoms with E-state index in [2.05, 4.69) is 21.3 Å². The number of carbonyl (C=O) groups excluding carboxylic acids is 7. The van der Waals surface area contributed by atoms with Crippen molar-refractivity contribution in [1.29, 1.82) is 0 Å². The monoisotopic (exact) mass is 676 g/mol. The SMILES string of the molecule is CCCC(NC(=O)[C@@H]1CC2CCCCC2N1C(=O)[C@@H](NC(=O)C(NC(=O)C1CSC(=O)N1)C1CCCCC1)C(C)(C)C)C(=O)C(N)=O. The van der Waals surface area contributed by atoms with Crippen LogP contribution in [0.5, 0.6) is 0 Å². The summed E-state index contributed by atoms with van der Waals surface area (Å²) in [7, 11) is 0. The van der Waals surface area contributed by atoms with Crippen LogP contribution in [0.15, 0.2) is 0 Å². The third-order valence-corrected chi connectivity index (χ3v) is 11.1. The number of nitrogens with zero attached hydrogens (tertiary/aromatic N) is 1. The van der Waals surface area contributed by atoms with Crippen molar-refractivity contribution >= 4 is 52.3 Å². The van der Waals surface area contributed by atoms with Crippen LogP contribution in [0.1, 0.15) is 105 Å². The molecule has 2 aliphatic carbocycles. The lowest BCUT2D eigenvalue weighted by molar-refractivity contribution is -0.147. The molecule has 47 heavy (non-hydrogen) atoms. The highest BCUT2D eigenvalue weighted by atomic mass is 32.2. The van der Waals surface area contributed by atoms with Crippen molar-refractivity contribution in [3.05, 3.63) is 0 Å². The molecule has 6 amide bonds. The van der Waals surface area contributed by atoms with Gasteiger partial charge in [0.05, 0.1) is 6.04 Å². The molecule has 0 aromatic carbocycles. The van der Waals surface area contributed by atoms with Crippen molar-refractivity contribution in [2.45, 2.75) is 141 Å². The smallest absolute Gasteiger partial charge is 0.287 e. The fourth-order valence-electron chi connectivity index (χ4n) is 7.68. The van der Waals surface area contributed by atoms with E-state index in [9.17, 15) is 33.6 Å². The second-order valence-corrected chi connectivity index (χ2v) is 15.7. The Labute approximate surface area is 281 Å². The van der Waals surface area contributed by atoms with Crippen LogP contribution in [0.3, 0.4) is 0 Å². The zero-order valence-corrected chi connectivity index (χ0v) is 28.9. The minimum Gasteiger partial charge on any atom is -0.363 e. The molecule has 0 radical (unpaired) electrons. The van der Waals surface area contributed by atoms with Crippen molar-refractivity contribution < 1.29 is 33.6 Å². The summed E-state index contributed by atoms with van der Waals surface area (Å²) in [6.45, 7) is 7.38. The van der Waals surface area contributed by atoms with Gasteiger partial charge in [0, 0.05) is 11.8 Å². The maximum atomic E-state index is 14.7. The van der Waals surface area contributed by atoms with Crippen LogP contribution < -0.4 is 27.0 Å². The number of nitrogens with one attached hydrogen (secondary N) is 4. The van der Waals surface area contributed by atoms with Crippen LogP contribution >= 0.6 is 11.8 Å². The maximum absolute atomic E-state index is 14.7. The van der Waals surface area contributed by atoms with E-state index in [-0.39, 0.29) is 41.2 Å². The van der Waals surface area contributed by atoms with Crippen LogP contribution in [0.25, 0.3) is 0 Å². The van der Waals surface area contributed by atoms with Gasteiger partial charge in [0.15, 0.2) is 0 Å². The second kappa shape index (κ2) is 15.8. The first-order valence-electron chi connectivity index (χ1n) is 17.2. The van der Waals surface area contributed by atoms with Crippen LogP contribution in [0.4, 0.5) is 4.79 Å². The van der Waals surface area contributed by atoms with Crippen molar-refractivity contribution in [1.82, 2.24) is 26.2 Å². The third-order valence-electron chi connectivity index (χ3n) is 10.2. The number of thioether (sulfide) groups is 1. The Morgan fingerprint density at radius 1 is 0.936 bits per heavy atom. The van der Waals surface area contributed by atoms with E-state index in [0.717, 1.165) is 69.5 Å². The molecule has 2 heterocycles. The standard InChI is InChI=1S/C33H52N6O7S/c1-5-11-20(25(40)27(34)41)35-29(43)23-16-19-14-9-10-15-22(19)39(23)31(45)26(33(2,3)4)38-30(44)24(18-12-7-6-8-13-18)37-28(42)21-17-47-32(46)36-21/h18-24,26H,5-17H2,1-4H3,(H2,34,41)(H,35,43)(H,36,46)(H,37,42)(H,38,44)/t19?,20?,21?,22?,23-,24?,26+/m0/s1. The molecule has 0 aromatic heterocycles. The average Bonchev–Trinajstić information content (AvgIpc) is 3.65. The lowest BCUT2D eigenvalue weighted by Crippen LogP contribution is -2.63. The lowest BCUT2D eigenvalue weighted by Gasteiger charge is -2.40. The molecule has 0 aromatic rings. The molecule has 2 saturated carbocycles. The van der Waals surface area contributed by atoms with Gasteiger partial charge in [-0.2, -0.15) is 0 Å². The second-order valence-electron chi connectivity index (χ2n) is 14.7. The number of hydrogen-bond acceptors (Lipinski definition) is 8. The summed E-state index contributed by atoms with van der Waals surface area (Å²) >= 11 is 1.02. The Balaban J connectivity index is 1.59. The minimum atomic E-state index is -1.12. The molecule has 2 aliphatic heterocycles. The fraction of sp³-hybridized carbons (Fsp3) is 0.788. The van der Waals surface area contributed by atoms with Gasteiger partial charge in [-0.05, 0) is 55.8 Å². The summed E-state index contributed by atoms with van der Waals surface area (Å²) in [6, 6.07) is -4.81. The van der Waals surface area contributed by atoms with E-state index in [1.807, 2.05) is 27.7 Å². The summed E-state index contributed by atoms with van der Waals surface area (Å²) in [4.78, 5) is 93.4. The predicted molar refractivity (Wildman–Crippen MR) is 177 cm³/mol. The summed E-state index contributed by atoms with van der Waals surface area (Å²) in [5.74, 6) is -3.55. The predicted octanol–water partition coefficient (Wildman–Crippen LogP) is 1.91. The number of nitrogens with two attached hydrogens (primary N) is 1. The van der Waals surface area contributed by atoms with Gasteiger partial charge < -0.3 is 31.9 Å². The van der Waals surface area contributed by atoms with Crippen molar-refractivity contribution in [2.24, 2.45) is 23.0 Å². The summed E-state index contributed by atoms with van der Waals surface area (Å²) < 4.78 is 0. The molecular weight excluding hydrogens is 624 g/mol. The molecule has 4 rings (SSSR count). The largest absolute Gasteiger partial charge is 0.363 e. The molecule has 4 aliphatic rings. The molecule has 13 nitrogen and oxygen atoms in total. The van der Waals surface area contributed by atoms with Crippen molar-refractivity contribution in [2.75, 3.05) is 5.75 Å². The quantitative estimate of drug-likeness (QED) is 0.193. The first-order chi connectivity index (χ1) is 22.2. The minimum absolute atomic E-state index is 0.0880. The zero-order chi connectivity index (χ0) is 34.5. The van der Waals surface area contributed by atoms with E-state index in [4.69, 9.17) is 5.73 Å². The van der Waals surface area contributed by atoms with Crippen LogP contribution in [0, 0.1) is 17.3 Å². The van der Waals surface area contributed by atoms with Gasteiger partial charge in [-0.3, -0.25) is 33.6 Å². The zero-order valence-electron chi connectivity index (χ0n) is 28.1. The average molecular weight is 677 g/mol. The summed E-state index contributed by atoms with van der Waals surface area (Å²) in [6.07, 6.45) is 9.03. The number of ketones is 1. The molecule has 0 bridgehead atoms. The highest BCUT2D eigenvalue weighted by molar-refractivity contribution is 8.14. The number of hydrogen-bond donors (Lipinski definition) is 5. The Morgan fingerprint density at radius 2 is 1.60 bits per heavy atom. The Hall–Kier alpha value is -3.16. The van der Waals surface area contributed by atoms with Gasteiger partial charge in [-0.1, -0.05) is 78.0 Å². The molecule has 7 atom stereocenters. The molecule has 262 valence electrons. The highest BCUT2D eigenvalue weighted by Crippen LogP contribution is 2.41. The first-order valence-corrected chi connectivity index (χ1v) is 18.2. The Kier molecular flexibility index (Phi) is 12.3. The molecule has 6 N–H and O–H groups in total. The Bertz CT molecular complexity index is 1230. The van der Waals surface area contributed by atoms with E-state index in [1.165, 1.54) is 0 Å². The third kappa shape index (κ3) is 8.85. The number of Topliss-reactive ketones (excluding diaryl/α,β-unsaturated/α-hetero) is 1. The number of carbonyl (C=O) groups is 7. The maximum Gasteiger partial charge on any atom is 0.287 e. The number of fused-ring (bicyclic) bond motifs is 1. The van der Waals surface area contributed by atoms with Crippen molar-refractivity contribution in [3.8, 4) is 0 Å². The normalized spacial score (nSPS) is 26.7. The van der Waals surface area contributed by atoms with Crippen LogP contribution in [-0.2, 0) is 28.8 Å². The van der Waals surface area contributed by atoms with Gasteiger partial charge in [0.1, 0.15) is 24.2 Å². The topological polar surface area (TPSA) is 197 Å². The molecule has 14 heteroatoms. The number of amides is 6. The van der Waals surface area contributed by atoms with E-state index < -0.39 is 65.0 Å². The van der Waals surface area contributed by atoms with Gasteiger partial charge in [0.25, 0.3) is 11.1 Å². The number of likely N-dealkylation sites (tertiary alicyclic amines) is 1. The lowest BCUT2D eigenvalue weighted by atomic mass is 9.81. The molecule has 5 unspecified atom stereocenters. The molecular formula is C33H52N6O7S. The van der Waals surface area contributed by atoms with Gasteiger partial charge in [-0.25, -0.2) is 0 Å². The van der Waals surface area contributed by atoms with Gasteiger partial charge in [-0.15, -0.1) is 0 Å². The van der Waals surface area contributed by atoms with Crippen LogP contribution in [0.2, 0.25) is 0 Å². The molecule has 0 spiro atoms. The Morgan fingerprint density at radius 3 is 2.19 bits per heavy atom. The van der Waals surface area contributed by atoms with Crippen molar-refractivity contribution in [3.63, 3.8) is 0 Å². The highest BCUT2D eigenvalue weighted by Gasteiger charge is 2.51. The summed E-state index contributed by atoms with van der Waals surface area (Å²) in [5.41, 5.74) is 4.50. The molecule has 4 fully saturated rings. The van der Waals surface area contributed by atoms with Gasteiger partial charge in [0.2, 0.25) is 29.4 Å². The van der Waals surface area contributed by atoms with Crippen LogP contribution in [-0.4, -0.2) is 87.5 Å². The summed E-state index contributed by atoms with van der Waals surface area (Å²) in [5, 5.41) is 11.0. The first kappa shape index (κ1) is 36.7. The fourth-order valence-corrected chi connectivity index (χ4v) is 8.46. The van der Waals surface area contributed by atoms with E-state index in [1.54, 1.807) is 4.90 Å². The van der Waals surface area contributed by atoms with Gasteiger partial charge >= 0.3 is 0 Å². The van der Waals surface area contributed by atoms with E-state index in [0.29, 0.717) is 12.8 Å².